The third-order valence-corrected chi connectivity index (χ3v) is 5.44. The molecule has 1 aromatic rings. The highest BCUT2D eigenvalue weighted by Gasteiger charge is 2.27. The number of aliphatic imine (C=N–C) groups is 1. The molecule has 2 amide bonds. The molecule has 0 bridgehead atoms. The normalized spacial score (nSPS) is 17.7. The van der Waals surface area contributed by atoms with E-state index in [1.165, 1.54) is 30.0 Å². The fraction of sp³-hybridized carbons (Fsp3) is 0.455. The number of rotatable bonds is 5. The van der Waals surface area contributed by atoms with Gasteiger partial charge in [0.2, 0.25) is 0 Å². The van der Waals surface area contributed by atoms with Crippen molar-refractivity contribution in [2.24, 2.45) is 4.99 Å². The molecule has 178 valence electrons. The predicted octanol–water partition coefficient (Wildman–Crippen LogP) is 3.22. The average Bonchev–Trinajstić information content (AvgIpc) is 3.09. The van der Waals surface area contributed by atoms with Crippen molar-refractivity contribution < 1.29 is 28.2 Å². The lowest BCUT2D eigenvalue weighted by Gasteiger charge is -2.28. The van der Waals surface area contributed by atoms with E-state index in [2.05, 4.69) is 15.7 Å². The number of hydrogen-bond donors (Lipinski definition) is 2. The Hall–Kier alpha value is -2.92. The zero-order valence-electron chi connectivity index (χ0n) is 18.8. The SMILES string of the molecule is CC(C)(C)OC(=O)NCCC(=O)Oc1cc(F)ccc1C=C1SC(N2CCCCN2)=NC1=O. The lowest BCUT2D eigenvalue weighted by Crippen LogP contribution is -2.45. The van der Waals surface area contributed by atoms with Crippen LogP contribution < -0.4 is 15.5 Å². The van der Waals surface area contributed by atoms with Crippen molar-refractivity contribution in [1.82, 2.24) is 15.8 Å². The number of benzene rings is 1. The minimum Gasteiger partial charge on any atom is -0.444 e. The third kappa shape index (κ3) is 7.57. The molecule has 0 atom stereocenters. The number of amides is 2. The fourth-order valence-corrected chi connectivity index (χ4v) is 3.89. The Labute approximate surface area is 195 Å². The summed E-state index contributed by atoms with van der Waals surface area (Å²) in [7, 11) is 0. The quantitative estimate of drug-likeness (QED) is 0.377. The molecule has 0 saturated carbocycles. The molecule has 1 fully saturated rings. The molecule has 2 aliphatic rings. The summed E-state index contributed by atoms with van der Waals surface area (Å²) in [6.07, 6.45) is 2.78. The van der Waals surface area contributed by atoms with Gasteiger partial charge in [-0.3, -0.25) is 14.6 Å². The van der Waals surface area contributed by atoms with Gasteiger partial charge in [-0.25, -0.2) is 14.6 Å². The number of nitrogens with zero attached hydrogens (tertiary/aromatic N) is 2. The minimum atomic E-state index is -0.670. The van der Waals surface area contributed by atoms with E-state index < -0.39 is 29.4 Å². The van der Waals surface area contributed by atoms with Gasteiger partial charge in [0, 0.05) is 31.3 Å². The zero-order valence-corrected chi connectivity index (χ0v) is 19.6. The number of halogens is 1. The molecule has 2 heterocycles. The Morgan fingerprint density at radius 3 is 2.82 bits per heavy atom. The van der Waals surface area contributed by atoms with E-state index in [4.69, 9.17) is 9.47 Å². The van der Waals surface area contributed by atoms with Gasteiger partial charge in [0.25, 0.3) is 5.91 Å². The molecule has 0 spiro atoms. The summed E-state index contributed by atoms with van der Waals surface area (Å²) in [5.41, 5.74) is 2.90. The molecule has 1 aromatic carbocycles. The molecule has 2 aliphatic heterocycles. The fourth-order valence-electron chi connectivity index (χ4n) is 2.98. The molecular weight excluding hydrogens is 451 g/mol. The standard InChI is InChI=1S/C22H27FN4O5S/c1-22(2,3)32-21(30)24-10-8-18(28)31-16-13-15(23)7-6-14(16)12-17-19(29)26-20(33-17)27-11-5-4-9-25-27/h6-7,12-13,25H,4-5,8-11H2,1-3H3,(H,24,30). The summed E-state index contributed by atoms with van der Waals surface area (Å²) in [4.78, 5) is 40.7. The summed E-state index contributed by atoms with van der Waals surface area (Å²) < 4.78 is 24.2. The zero-order chi connectivity index (χ0) is 24.0. The Bertz CT molecular complexity index is 983. The summed E-state index contributed by atoms with van der Waals surface area (Å²) in [6.45, 7) is 6.74. The second-order valence-corrected chi connectivity index (χ2v) is 9.42. The predicted molar refractivity (Wildman–Crippen MR) is 123 cm³/mol. The maximum atomic E-state index is 13.8. The van der Waals surface area contributed by atoms with E-state index in [1.807, 2.05) is 5.01 Å². The Morgan fingerprint density at radius 2 is 2.12 bits per heavy atom. The highest BCUT2D eigenvalue weighted by molar-refractivity contribution is 8.18. The average molecular weight is 479 g/mol. The van der Waals surface area contributed by atoms with Gasteiger partial charge in [-0.1, -0.05) is 0 Å². The second-order valence-electron chi connectivity index (χ2n) is 8.41. The summed E-state index contributed by atoms with van der Waals surface area (Å²) in [5.74, 6) is -1.70. The number of ether oxygens (including phenoxy) is 2. The van der Waals surface area contributed by atoms with Gasteiger partial charge in [0.05, 0.1) is 11.3 Å². The minimum absolute atomic E-state index is 0.00609. The van der Waals surface area contributed by atoms with Crippen LogP contribution in [0, 0.1) is 5.82 Å². The first-order valence-electron chi connectivity index (χ1n) is 10.6. The molecule has 1 saturated heterocycles. The Morgan fingerprint density at radius 1 is 1.33 bits per heavy atom. The lowest BCUT2D eigenvalue weighted by atomic mass is 10.1. The topological polar surface area (TPSA) is 109 Å². The molecular formula is C22H27FN4O5S. The molecule has 0 unspecified atom stereocenters. The van der Waals surface area contributed by atoms with Crippen molar-refractivity contribution in [3.8, 4) is 5.75 Å². The first-order valence-corrected chi connectivity index (χ1v) is 11.4. The summed E-state index contributed by atoms with van der Waals surface area (Å²) in [5, 5.41) is 4.86. The van der Waals surface area contributed by atoms with Crippen molar-refractivity contribution in [3.63, 3.8) is 0 Å². The van der Waals surface area contributed by atoms with E-state index in [-0.39, 0.29) is 18.7 Å². The van der Waals surface area contributed by atoms with E-state index in [9.17, 15) is 18.8 Å². The van der Waals surface area contributed by atoms with Crippen LogP contribution in [0.3, 0.4) is 0 Å². The van der Waals surface area contributed by atoms with E-state index in [0.29, 0.717) is 15.6 Å². The monoisotopic (exact) mass is 478 g/mol. The second kappa shape index (κ2) is 10.8. The third-order valence-electron chi connectivity index (χ3n) is 4.43. The summed E-state index contributed by atoms with van der Waals surface area (Å²) in [6, 6.07) is 3.71. The van der Waals surface area contributed by atoms with Crippen LogP contribution in [-0.4, -0.2) is 53.4 Å². The first-order chi connectivity index (χ1) is 15.6. The number of alkyl carbamates (subject to hydrolysis) is 1. The number of esters is 1. The van der Waals surface area contributed by atoms with Gasteiger partial charge in [-0.15, -0.1) is 0 Å². The van der Waals surface area contributed by atoms with Crippen LogP contribution >= 0.6 is 11.8 Å². The molecule has 33 heavy (non-hydrogen) atoms. The highest BCUT2D eigenvalue weighted by atomic mass is 32.2. The van der Waals surface area contributed by atoms with Crippen LogP contribution in [0.2, 0.25) is 0 Å². The Balaban J connectivity index is 1.62. The number of nitrogens with one attached hydrogen (secondary N) is 2. The van der Waals surface area contributed by atoms with Crippen molar-refractivity contribution in [1.29, 1.82) is 0 Å². The van der Waals surface area contributed by atoms with Crippen LogP contribution in [0.15, 0.2) is 28.1 Å². The van der Waals surface area contributed by atoms with E-state index in [1.54, 1.807) is 20.8 Å². The van der Waals surface area contributed by atoms with Crippen molar-refractivity contribution in [2.45, 2.75) is 45.6 Å². The summed E-state index contributed by atoms with van der Waals surface area (Å²) >= 11 is 1.20. The molecule has 0 aromatic heterocycles. The van der Waals surface area contributed by atoms with Gasteiger partial charge in [0.1, 0.15) is 17.2 Å². The van der Waals surface area contributed by atoms with Gasteiger partial charge in [0.15, 0.2) is 5.17 Å². The van der Waals surface area contributed by atoms with E-state index >= 15 is 0 Å². The Kier molecular flexibility index (Phi) is 8.09. The van der Waals surface area contributed by atoms with Crippen molar-refractivity contribution >= 4 is 41.0 Å². The first kappa shape index (κ1) is 24.7. The maximum Gasteiger partial charge on any atom is 0.407 e. The number of carbonyl (C=O) groups is 3. The van der Waals surface area contributed by atoms with Gasteiger partial charge in [-0.2, -0.15) is 4.99 Å². The van der Waals surface area contributed by atoms with Crippen LogP contribution in [0.25, 0.3) is 6.08 Å². The molecule has 2 N–H and O–H groups in total. The highest BCUT2D eigenvalue weighted by Crippen LogP contribution is 2.32. The van der Waals surface area contributed by atoms with Crippen molar-refractivity contribution in [3.05, 3.63) is 34.5 Å². The van der Waals surface area contributed by atoms with Gasteiger partial charge >= 0.3 is 12.1 Å². The van der Waals surface area contributed by atoms with Gasteiger partial charge in [-0.05, 0) is 63.6 Å². The molecule has 3 rings (SSSR count). The number of carbonyl (C=O) groups excluding carboxylic acids is 3. The molecule has 0 aliphatic carbocycles. The van der Waals surface area contributed by atoms with E-state index in [0.717, 1.165) is 32.0 Å². The number of hydrazine groups is 1. The van der Waals surface area contributed by atoms with Crippen LogP contribution in [-0.2, 0) is 14.3 Å². The molecule has 9 nitrogen and oxygen atoms in total. The van der Waals surface area contributed by atoms with Crippen molar-refractivity contribution in [2.75, 3.05) is 19.6 Å². The lowest BCUT2D eigenvalue weighted by molar-refractivity contribution is -0.134. The molecule has 11 heteroatoms. The maximum absolute atomic E-state index is 13.8. The van der Waals surface area contributed by atoms with Crippen LogP contribution in [0.1, 0.15) is 45.6 Å². The smallest absolute Gasteiger partial charge is 0.407 e. The van der Waals surface area contributed by atoms with Crippen LogP contribution in [0.5, 0.6) is 5.75 Å². The largest absolute Gasteiger partial charge is 0.444 e. The molecule has 0 radical (unpaired) electrons. The number of amidine groups is 1. The van der Waals surface area contributed by atoms with Gasteiger partial charge < -0.3 is 14.8 Å². The number of thioether (sulfide) groups is 1. The van der Waals surface area contributed by atoms with Crippen LogP contribution in [0.4, 0.5) is 9.18 Å². The number of hydrogen-bond acceptors (Lipinski definition) is 8.